The predicted molar refractivity (Wildman–Crippen MR) is 70.1 cm³/mol. The van der Waals surface area contributed by atoms with Gasteiger partial charge in [-0.05, 0) is 40.2 Å². The monoisotopic (exact) mass is 318 g/mol. The molecule has 19 heavy (non-hydrogen) atoms. The fourth-order valence-electron chi connectivity index (χ4n) is 1.39. The van der Waals surface area contributed by atoms with Crippen LogP contribution in [0.15, 0.2) is 41.1 Å². The minimum absolute atomic E-state index is 0.0978. The lowest BCUT2D eigenvalue weighted by atomic mass is 10.2. The average molecular weight is 319 g/mol. The maximum absolute atomic E-state index is 10.9. The molecule has 1 aromatic heterocycles. The third-order valence-electron chi connectivity index (χ3n) is 2.30. The van der Waals surface area contributed by atoms with Gasteiger partial charge in [-0.3, -0.25) is 4.98 Å². The molecule has 0 fully saturated rings. The van der Waals surface area contributed by atoms with Crippen LogP contribution in [0.3, 0.4) is 0 Å². The lowest BCUT2D eigenvalue weighted by Crippen LogP contribution is -1.97. The van der Waals surface area contributed by atoms with E-state index >= 15 is 0 Å². The molecule has 0 saturated carbocycles. The van der Waals surface area contributed by atoms with Crippen LogP contribution in [0.4, 0.5) is 0 Å². The molecule has 0 saturated heterocycles. The Hall–Kier alpha value is -2.39. The van der Waals surface area contributed by atoms with Crippen molar-refractivity contribution in [2.45, 2.75) is 0 Å². The summed E-state index contributed by atoms with van der Waals surface area (Å²) < 4.78 is 6.11. The fourth-order valence-corrected chi connectivity index (χ4v) is 1.71. The second-order valence-electron chi connectivity index (χ2n) is 3.54. The summed E-state index contributed by atoms with van der Waals surface area (Å²) in [6.45, 7) is 0. The molecule has 0 spiro atoms. The number of ether oxygens (including phenoxy) is 1. The minimum Gasteiger partial charge on any atom is -0.478 e. The molecule has 6 heteroatoms. The zero-order valence-electron chi connectivity index (χ0n) is 9.50. The highest BCUT2D eigenvalue weighted by molar-refractivity contribution is 9.10. The Labute approximate surface area is 117 Å². The molecular formula is C13H7BrN2O3. The summed E-state index contributed by atoms with van der Waals surface area (Å²) in [5, 5.41) is 17.9. The summed E-state index contributed by atoms with van der Waals surface area (Å²) >= 11 is 3.26. The highest BCUT2D eigenvalue weighted by Crippen LogP contribution is 2.31. The Morgan fingerprint density at radius 2 is 2.16 bits per heavy atom. The maximum atomic E-state index is 10.9. The summed E-state index contributed by atoms with van der Waals surface area (Å²) in [4.78, 5) is 14.8. The smallest absolute Gasteiger partial charge is 0.335 e. The van der Waals surface area contributed by atoms with Crippen molar-refractivity contribution in [1.82, 2.24) is 4.98 Å². The second-order valence-corrected chi connectivity index (χ2v) is 4.39. The van der Waals surface area contributed by atoms with Crippen molar-refractivity contribution in [3.8, 4) is 17.6 Å². The van der Waals surface area contributed by atoms with Crippen LogP contribution in [0, 0.1) is 11.3 Å². The minimum atomic E-state index is -1.05. The van der Waals surface area contributed by atoms with E-state index in [1.165, 1.54) is 30.6 Å². The van der Waals surface area contributed by atoms with Crippen LogP contribution in [0.1, 0.15) is 15.9 Å². The topological polar surface area (TPSA) is 83.2 Å². The summed E-state index contributed by atoms with van der Waals surface area (Å²) in [5.41, 5.74) is 0.420. The van der Waals surface area contributed by atoms with Gasteiger partial charge in [0.05, 0.1) is 21.8 Å². The van der Waals surface area contributed by atoms with Crippen molar-refractivity contribution < 1.29 is 14.6 Å². The van der Waals surface area contributed by atoms with Gasteiger partial charge < -0.3 is 9.84 Å². The molecule has 1 aromatic carbocycles. The number of rotatable bonds is 3. The first-order valence-electron chi connectivity index (χ1n) is 5.16. The van der Waals surface area contributed by atoms with E-state index in [1.807, 2.05) is 6.07 Å². The molecule has 0 bridgehead atoms. The largest absolute Gasteiger partial charge is 0.478 e. The first-order valence-corrected chi connectivity index (χ1v) is 5.96. The van der Waals surface area contributed by atoms with Crippen LogP contribution < -0.4 is 4.74 Å². The van der Waals surface area contributed by atoms with E-state index in [1.54, 1.807) is 6.07 Å². The van der Waals surface area contributed by atoms with Gasteiger partial charge in [-0.15, -0.1) is 0 Å². The summed E-state index contributed by atoms with van der Waals surface area (Å²) in [6.07, 6.45) is 2.88. The lowest BCUT2D eigenvalue weighted by molar-refractivity contribution is 0.0696. The van der Waals surface area contributed by atoms with Crippen molar-refractivity contribution in [3.63, 3.8) is 0 Å². The normalized spacial score (nSPS) is 9.68. The summed E-state index contributed by atoms with van der Waals surface area (Å²) in [7, 11) is 0. The third kappa shape index (κ3) is 2.89. The number of nitriles is 1. The van der Waals surface area contributed by atoms with Crippen LogP contribution in [-0.4, -0.2) is 16.1 Å². The van der Waals surface area contributed by atoms with E-state index in [-0.39, 0.29) is 11.3 Å². The van der Waals surface area contributed by atoms with Crippen LogP contribution in [0.5, 0.6) is 11.5 Å². The number of carbonyl (C=O) groups is 1. The van der Waals surface area contributed by atoms with Gasteiger partial charge in [-0.25, -0.2) is 4.79 Å². The van der Waals surface area contributed by atoms with Crippen molar-refractivity contribution in [1.29, 1.82) is 5.26 Å². The van der Waals surface area contributed by atoms with E-state index in [4.69, 9.17) is 15.1 Å². The number of benzene rings is 1. The van der Waals surface area contributed by atoms with Gasteiger partial charge in [0.2, 0.25) is 0 Å². The van der Waals surface area contributed by atoms with E-state index in [0.717, 1.165) is 0 Å². The lowest BCUT2D eigenvalue weighted by Gasteiger charge is -2.09. The number of pyridine rings is 1. The van der Waals surface area contributed by atoms with Crippen LogP contribution in [-0.2, 0) is 0 Å². The molecule has 0 amide bonds. The maximum Gasteiger partial charge on any atom is 0.335 e. The molecule has 0 aliphatic rings. The second kappa shape index (κ2) is 5.50. The van der Waals surface area contributed by atoms with Gasteiger partial charge in [-0.1, -0.05) is 0 Å². The molecule has 94 valence electrons. The SMILES string of the molecule is N#Cc1ccncc1Oc1cc(C(=O)O)ccc1Br. The number of nitrogens with zero attached hydrogens (tertiary/aromatic N) is 2. The zero-order chi connectivity index (χ0) is 13.8. The number of aromatic nitrogens is 1. The molecule has 2 rings (SSSR count). The highest BCUT2D eigenvalue weighted by atomic mass is 79.9. The Bertz CT molecular complexity index is 680. The van der Waals surface area contributed by atoms with Gasteiger partial charge in [0.25, 0.3) is 0 Å². The number of halogens is 1. The molecule has 1 heterocycles. The Morgan fingerprint density at radius 3 is 2.84 bits per heavy atom. The Kier molecular flexibility index (Phi) is 3.78. The first kappa shape index (κ1) is 13.1. The molecule has 0 aliphatic carbocycles. The molecule has 1 N–H and O–H groups in total. The zero-order valence-corrected chi connectivity index (χ0v) is 11.1. The molecule has 0 unspecified atom stereocenters. The summed E-state index contributed by atoms with van der Waals surface area (Å²) in [5.74, 6) is -0.471. The molecule has 5 nitrogen and oxygen atoms in total. The first-order chi connectivity index (χ1) is 9.11. The van der Waals surface area contributed by atoms with Gasteiger partial charge in [-0.2, -0.15) is 5.26 Å². The van der Waals surface area contributed by atoms with Crippen molar-refractivity contribution >= 4 is 21.9 Å². The van der Waals surface area contributed by atoms with Gasteiger partial charge in [0.1, 0.15) is 11.8 Å². The van der Waals surface area contributed by atoms with Crippen molar-refractivity contribution in [2.75, 3.05) is 0 Å². The van der Waals surface area contributed by atoms with E-state index in [0.29, 0.717) is 15.8 Å². The van der Waals surface area contributed by atoms with Crippen molar-refractivity contribution in [3.05, 3.63) is 52.3 Å². The number of carboxylic acid groups (broad SMARTS) is 1. The van der Waals surface area contributed by atoms with Gasteiger partial charge >= 0.3 is 5.97 Å². The quantitative estimate of drug-likeness (QED) is 0.939. The summed E-state index contributed by atoms with van der Waals surface area (Å²) in [6, 6.07) is 7.89. The van der Waals surface area contributed by atoms with Crippen LogP contribution in [0.25, 0.3) is 0 Å². The average Bonchev–Trinajstić information content (AvgIpc) is 2.41. The number of carboxylic acids is 1. The van der Waals surface area contributed by atoms with Crippen LogP contribution >= 0.6 is 15.9 Å². The van der Waals surface area contributed by atoms with Crippen LogP contribution in [0.2, 0.25) is 0 Å². The van der Waals surface area contributed by atoms with E-state index in [2.05, 4.69) is 20.9 Å². The standard InChI is InChI=1S/C13H7BrN2O3/c14-10-2-1-8(13(17)18)5-11(10)19-12-7-16-4-3-9(12)6-15/h1-5,7H,(H,17,18). The highest BCUT2D eigenvalue weighted by Gasteiger charge is 2.11. The predicted octanol–water partition coefficient (Wildman–Crippen LogP) is 3.21. The van der Waals surface area contributed by atoms with Gasteiger partial charge in [0, 0.05) is 6.20 Å². The molecule has 2 aromatic rings. The number of aromatic carboxylic acids is 1. The van der Waals surface area contributed by atoms with E-state index in [9.17, 15) is 4.79 Å². The number of hydrogen-bond acceptors (Lipinski definition) is 4. The number of hydrogen-bond donors (Lipinski definition) is 1. The Balaban J connectivity index is 2.41. The van der Waals surface area contributed by atoms with Gasteiger partial charge in [0.15, 0.2) is 5.75 Å². The molecule has 0 aliphatic heterocycles. The van der Waals surface area contributed by atoms with Crippen molar-refractivity contribution in [2.24, 2.45) is 0 Å². The molecular weight excluding hydrogens is 312 g/mol. The Morgan fingerprint density at radius 1 is 1.37 bits per heavy atom. The van der Waals surface area contributed by atoms with E-state index < -0.39 is 5.97 Å². The molecule has 0 atom stereocenters. The fraction of sp³-hybridized carbons (Fsp3) is 0. The molecule has 0 radical (unpaired) electrons. The third-order valence-corrected chi connectivity index (χ3v) is 2.96.